The molecule has 0 N–H and O–H groups in total. The average molecular weight is 208 g/mol. The Morgan fingerprint density at radius 1 is 1.25 bits per heavy atom. The molecule has 16 heavy (non-hydrogen) atoms. The largest absolute Gasteiger partial charge is 0.260 e. The molecule has 0 saturated carbocycles. The average Bonchev–Trinajstić information content (AvgIpc) is 2.30. The van der Waals surface area contributed by atoms with Gasteiger partial charge in [-0.3, -0.25) is 4.98 Å². The number of hydrogen-bond donors (Lipinski definition) is 0. The molecule has 78 valence electrons. The van der Waals surface area contributed by atoms with Gasteiger partial charge in [-0.1, -0.05) is 24.3 Å². The highest BCUT2D eigenvalue weighted by Crippen LogP contribution is 2.22. The molecule has 2 nitrogen and oxygen atoms in total. The molecule has 0 aliphatic carbocycles. The van der Waals surface area contributed by atoms with Gasteiger partial charge in [-0.05, 0) is 35.7 Å². The summed E-state index contributed by atoms with van der Waals surface area (Å²) in [6.07, 6.45) is 2.12. The normalized spacial score (nSPS) is 9.75. The highest BCUT2D eigenvalue weighted by Gasteiger charge is 2.02. The van der Waals surface area contributed by atoms with Gasteiger partial charge in [0.05, 0.1) is 18.2 Å². The molecular weight excluding hydrogens is 196 g/mol. The molecule has 0 unspecified atom stereocenters. The highest BCUT2D eigenvalue weighted by molar-refractivity contribution is 5.67. The van der Waals surface area contributed by atoms with Gasteiger partial charge >= 0.3 is 0 Å². The van der Waals surface area contributed by atoms with E-state index in [1.807, 2.05) is 24.3 Å². The van der Waals surface area contributed by atoms with Crippen LogP contribution in [0, 0.1) is 18.3 Å². The summed E-state index contributed by atoms with van der Waals surface area (Å²) in [6.45, 7) is 2.08. The van der Waals surface area contributed by atoms with Crippen LogP contribution < -0.4 is 0 Å². The van der Waals surface area contributed by atoms with Crippen molar-refractivity contribution in [2.45, 2.75) is 13.3 Å². The van der Waals surface area contributed by atoms with Gasteiger partial charge in [-0.2, -0.15) is 5.26 Å². The third-order valence-electron chi connectivity index (χ3n) is 2.53. The topological polar surface area (TPSA) is 36.7 Å². The summed E-state index contributed by atoms with van der Waals surface area (Å²) in [4.78, 5) is 4.16. The molecular formula is C14H12N2. The molecule has 0 atom stereocenters. The number of nitrogens with zero attached hydrogens (tertiary/aromatic N) is 2. The van der Waals surface area contributed by atoms with Gasteiger partial charge < -0.3 is 0 Å². The van der Waals surface area contributed by atoms with E-state index in [0.717, 1.165) is 11.3 Å². The first kappa shape index (κ1) is 10.4. The minimum atomic E-state index is 0.361. The van der Waals surface area contributed by atoms with Gasteiger partial charge in [0.2, 0.25) is 0 Å². The molecule has 0 aliphatic rings. The standard InChI is InChI=1S/C14H12N2/c1-11-4-2-3-5-14(11)12-7-9-16-13(10-12)6-8-15/h2-5,7,9-10H,6H2,1H3. The van der Waals surface area contributed by atoms with Crippen molar-refractivity contribution in [1.82, 2.24) is 4.98 Å². The van der Waals surface area contributed by atoms with Crippen LogP contribution in [0.3, 0.4) is 0 Å². The van der Waals surface area contributed by atoms with Crippen molar-refractivity contribution >= 4 is 0 Å². The van der Waals surface area contributed by atoms with E-state index in [2.05, 4.69) is 30.1 Å². The van der Waals surface area contributed by atoms with E-state index in [0.29, 0.717) is 6.42 Å². The summed E-state index contributed by atoms with van der Waals surface area (Å²) < 4.78 is 0. The molecule has 1 aromatic carbocycles. The summed E-state index contributed by atoms with van der Waals surface area (Å²) in [5.41, 5.74) is 4.38. The fraction of sp³-hybridized carbons (Fsp3) is 0.143. The van der Waals surface area contributed by atoms with Crippen molar-refractivity contribution in [3.05, 3.63) is 53.9 Å². The van der Waals surface area contributed by atoms with Crippen LogP contribution in [0.4, 0.5) is 0 Å². The fourth-order valence-electron chi connectivity index (χ4n) is 1.72. The zero-order valence-corrected chi connectivity index (χ0v) is 9.14. The van der Waals surface area contributed by atoms with Crippen LogP contribution in [0.2, 0.25) is 0 Å². The Balaban J connectivity index is 2.45. The van der Waals surface area contributed by atoms with E-state index < -0.39 is 0 Å². The van der Waals surface area contributed by atoms with Crippen molar-refractivity contribution in [3.63, 3.8) is 0 Å². The van der Waals surface area contributed by atoms with Crippen LogP contribution in [-0.2, 0) is 6.42 Å². The smallest absolute Gasteiger partial charge is 0.0774 e. The number of rotatable bonds is 2. The van der Waals surface area contributed by atoms with Gasteiger partial charge in [0.1, 0.15) is 0 Å². The Bertz CT molecular complexity index is 538. The lowest BCUT2D eigenvalue weighted by molar-refractivity contribution is 1.12. The van der Waals surface area contributed by atoms with Crippen molar-refractivity contribution < 1.29 is 0 Å². The molecule has 0 amide bonds. The monoisotopic (exact) mass is 208 g/mol. The van der Waals surface area contributed by atoms with Crippen molar-refractivity contribution in [3.8, 4) is 17.2 Å². The second-order valence-corrected chi connectivity index (χ2v) is 3.69. The van der Waals surface area contributed by atoms with Crippen molar-refractivity contribution in [2.24, 2.45) is 0 Å². The zero-order valence-electron chi connectivity index (χ0n) is 9.14. The number of pyridine rings is 1. The van der Waals surface area contributed by atoms with E-state index in [1.165, 1.54) is 11.1 Å². The first-order valence-electron chi connectivity index (χ1n) is 5.19. The molecule has 2 heteroatoms. The maximum absolute atomic E-state index is 8.65. The molecule has 0 spiro atoms. The van der Waals surface area contributed by atoms with Crippen LogP contribution in [0.25, 0.3) is 11.1 Å². The van der Waals surface area contributed by atoms with E-state index in [9.17, 15) is 0 Å². The lowest BCUT2D eigenvalue weighted by Crippen LogP contribution is -1.89. The van der Waals surface area contributed by atoms with Gasteiger partial charge in [0.15, 0.2) is 0 Å². The second-order valence-electron chi connectivity index (χ2n) is 3.69. The van der Waals surface area contributed by atoms with Crippen LogP contribution in [-0.4, -0.2) is 4.98 Å². The number of nitriles is 1. The maximum atomic E-state index is 8.65. The zero-order chi connectivity index (χ0) is 11.4. The van der Waals surface area contributed by atoms with Gasteiger partial charge in [0, 0.05) is 6.20 Å². The van der Waals surface area contributed by atoms with Crippen molar-refractivity contribution in [1.29, 1.82) is 5.26 Å². The Labute approximate surface area is 95.2 Å². The third kappa shape index (κ3) is 2.09. The summed E-state index contributed by atoms with van der Waals surface area (Å²) >= 11 is 0. The predicted octanol–water partition coefficient (Wildman–Crippen LogP) is 3.12. The van der Waals surface area contributed by atoms with Crippen LogP contribution in [0.5, 0.6) is 0 Å². The molecule has 2 aromatic rings. The number of hydrogen-bond acceptors (Lipinski definition) is 2. The lowest BCUT2D eigenvalue weighted by atomic mass is 10.0. The summed E-state index contributed by atoms with van der Waals surface area (Å²) in [5, 5.41) is 8.65. The first-order valence-corrected chi connectivity index (χ1v) is 5.19. The van der Waals surface area contributed by atoms with Crippen LogP contribution >= 0.6 is 0 Å². The molecule has 0 bridgehead atoms. The lowest BCUT2D eigenvalue weighted by Gasteiger charge is -2.06. The summed E-state index contributed by atoms with van der Waals surface area (Å²) in [6, 6.07) is 14.3. The highest BCUT2D eigenvalue weighted by atomic mass is 14.7. The van der Waals surface area contributed by atoms with Gasteiger partial charge in [0.25, 0.3) is 0 Å². The number of benzene rings is 1. The first-order chi connectivity index (χ1) is 7.81. The predicted molar refractivity (Wildman–Crippen MR) is 63.7 cm³/mol. The van der Waals surface area contributed by atoms with Gasteiger partial charge in [-0.25, -0.2) is 0 Å². The fourth-order valence-corrected chi connectivity index (χ4v) is 1.72. The Hall–Kier alpha value is -2.14. The summed E-state index contributed by atoms with van der Waals surface area (Å²) in [7, 11) is 0. The number of aryl methyl sites for hydroxylation is 1. The van der Waals surface area contributed by atoms with Crippen LogP contribution in [0.1, 0.15) is 11.3 Å². The van der Waals surface area contributed by atoms with Gasteiger partial charge in [-0.15, -0.1) is 0 Å². The van der Waals surface area contributed by atoms with E-state index in [-0.39, 0.29) is 0 Å². The SMILES string of the molecule is Cc1ccccc1-c1ccnc(CC#N)c1. The molecule has 2 rings (SSSR count). The number of aromatic nitrogens is 1. The van der Waals surface area contributed by atoms with E-state index in [4.69, 9.17) is 5.26 Å². The molecule has 0 fully saturated rings. The Morgan fingerprint density at radius 2 is 2.06 bits per heavy atom. The molecule has 1 aromatic heterocycles. The minimum Gasteiger partial charge on any atom is -0.260 e. The molecule has 0 saturated heterocycles. The molecule has 0 radical (unpaired) electrons. The Morgan fingerprint density at radius 3 is 2.81 bits per heavy atom. The summed E-state index contributed by atoms with van der Waals surface area (Å²) in [5.74, 6) is 0. The second kappa shape index (κ2) is 4.59. The molecule has 1 heterocycles. The molecule has 0 aliphatic heterocycles. The quantitative estimate of drug-likeness (QED) is 0.760. The van der Waals surface area contributed by atoms with Crippen molar-refractivity contribution in [2.75, 3.05) is 0 Å². The third-order valence-corrected chi connectivity index (χ3v) is 2.53. The van der Waals surface area contributed by atoms with Crippen LogP contribution in [0.15, 0.2) is 42.6 Å². The Kier molecular flexibility index (Phi) is 2.98. The maximum Gasteiger partial charge on any atom is 0.0774 e. The minimum absolute atomic E-state index is 0.361. The van der Waals surface area contributed by atoms with E-state index in [1.54, 1.807) is 6.20 Å². The van der Waals surface area contributed by atoms with E-state index >= 15 is 0 Å².